The molecule has 164 valence electrons. The SMILES string of the molecule is CCCCCCCCCCCCc1ccccc1C(C)(C)N.COS(=O)(=O)O. The molecule has 1 aromatic rings. The maximum Gasteiger partial charge on any atom is 0.397 e. The average Bonchev–Trinajstić information content (AvgIpc) is 2.63. The van der Waals surface area contributed by atoms with Crippen molar-refractivity contribution in [1.82, 2.24) is 0 Å². The number of benzene rings is 1. The fourth-order valence-corrected chi connectivity index (χ4v) is 3.17. The van der Waals surface area contributed by atoms with E-state index in [1.165, 1.54) is 81.8 Å². The van der Waals surface area contributed by atoms with Gasteiger partial charge in [-0.15, -0.1) is 0 Å². The Bertz CT molecular complexity index is 609. The van der Waals surface area contributed by atoms with Gasteiger partial charge in [-0.3, -0.25) is 8.74 Å². The highest BCUT2D eigenvalue weighted by molar-refractivity contribution is 7.80. The predicted octanol–water partition coefficient (Wildman–Crippen LogP) is 5.78. The van der Waals surface area contributed by atoms with E-state index in [1.807, 2.05) is 0 Å². The number of hydrogen-bond acceptors (Lipinski definition) is 4. The minimum absolute atomic E-state index is 0.227. The molecule has 0 saturated heterocycles. The van der Waals surface area contributed by atoms with Crippen LogP contribution in [0.2, 0.25) is 0 Å². The quantitative estimate of drug-likeness (QED) is 0.315. The summed E-state index contributed by atoms with van der Waals surface area (Å²) in [6, 6.07) is 8.68. The molecule has 0 aliphatic rings. The summed E-state index contributed by atoms with van der Waals surface area (Å²) >= 11 is 0. The van der Waals surface area contributed by atoms with E-state index in [1.54, 1.807) is 0 Å². The van der Waals surface area contributed by atoms with E-state index in [9.17, 15) is 8.42 Å². The Morgan fingerprint density at radius 3 is 1.79 bits per heavy atom. The third-order valence-electron chi connectivity index (χ3n) is 4.72. The second-order valence-corrected chi connectivity index (χ2v) is 9.09. The van der Waals surface area contributed by atoms with Gasteiger partial charge in [0.15, 0.2) is 0 Å². The molecule has 5 nitrogen and oxygen atoms in total. The maximum atomic E-state index is 9.33. The van der Waals surface area contributed by atoms with Gasteiger partial charge < -0.3 is 5.73 Å². The van der Waals surface area contributed by atoms with Crippen molar-refractivity contribution in [1.29, 1.82) is 0 Å². The lowest BCUT2D eigenvalue weighted by Crippen LogP contribution is -2.30. The molecule has 0 aliphatic heterocycles. The van der Waals surface area contributed by atoms with E-state index in [0.717, 1.165) is 7.11 Å². The first-order valence-corrected chi connectivity index (χ1v) is 11.9. The van der Waals surface area contributed by atoms with Crippen molar-refractivity contribution in [2.75, 3.05) is 7.11 Å². The summed E-state index contributed by atoms with van der Waals surface area (Å²) in [4.78, 5) is 0. The van der Waals surface area contributed by atoms with Gasteiger partial charge in [-0.1, -0.05) is 89.0 Å². The molecule has 0 fully saturated rings. The molecule has 0 aliphatic carbocycles. The van der Waals surface area contributed by atoms with Crippen molar-refractivity contribution in [3.8, 4) is 0 Å². The zero-order chi connectivity index (χ0) is 21.5. The Morgan fingerprint density at radius 2 is 1.36 bits per heavy atom. The lowest BCUT2D eigenvalue weighted by Gasteiger charge is -2.23. The maximum absolute atomic E-state index is 9.33. The van der Waals surface area contributed by atoms with E-state index in [2.05, 4.69) is 49.2 Å². The number of hydrogen-bond donors (Lipinski definition) is 2. The van der Waals surface area contributed by atoms with Crippen molar-refractivity contribution < 1.29 is 17.2 Å². The monoisotopic (exact) mass is 415 g/mol. The van der Waals surface area contributed by atoms with Crippen LogP contribution in [0, 0.1) is 0 Å². The topological polar surface area (TPSA) is 89.6 Å². The lowest BCUT2D eigenvalue weighted by molar-refractivity contribution is 0.324. The summed E-state index contributed by atoms with van der Waals surface area (Å²) in [5.74, 6) is 0. The largest absolute Gasteiger partial charge is 0.397 e. The van der Waals surface area contributed by atoms with Crippen LogP contribution in [-0.2, 0) is 26.5 Å². The Morgan fingerprint density at radius 1 is 0.929 bits per heavy atom. The second kappa shape index (κ2) is 15.0. The van der Waals surface area contributed by atoms with E-state index < -0.39 is 10.4 Å². The average molecular weight is 416 g/mol. The van der Waals surface area contributed by atoms with Gasteiger partial charge in [0.1, 0.15) is 0 Å². The minimum atomic E-state index is -4.16. The summed E-state index contributed by atoms with van der Waals surface area (Å²) in [6.07, 6.45) is 15.1. The van der Waals surface area contributed by atoms with Crippen LogP contribution in [0.1, 0.15) is 96.1 Å². The van der Waals surface area contributed by atoms with Crippen molar-refractivity contribution in [2.24, 2.45) is 5.73 Å². The first-order chi connectivity index (χ1) is 13.1. The van der Waals surface area contributed by atoms with Gasteiger partial charge in [0.05, 0.1) is 7.11 Å². The van der Waals surface area contributed by atoms with Crippen LogP contribution in [0.3, 0.4) is 0 Å². The van der Waals surface area contributed by atoms with Crippen LogP contribution in [0.15, 0.2) is 24.3 Å². The van der Waals surface area contributed by atoms with Crippen molar-refractivity contribution in [3.63, 3.8) is 0 Å². The summed E-state index contributed by atoms with van der Waals surface area (Å²) in [5.41, 5.74) is 8.80. The highest BCUT2D eigenvalue weighted by Gasteiger charge is 2.17. The smallest absolute Gasteiger partial charge is 0.322 e. The number of nitrogens with two attached hydrogens (primary N) is 1. The molecule has 1 aromatic carbocycles. The number of rotatable bonds is 13. The van der Waals surface area contributed by atoms with Gasteiger partial charge in [0.2, 0.25) is 0 Å². The van der Waals surface area contributed by atoms with Crippen LogP contribution < -0.4 is 5.73 Å². The van der Waals surface area contributed by atoms with Gasteiger partial charge in [0, 0.05) is 5.54 Å². The Hall–Kier alpha value is -0.950. The Labute approximate surface area is 173 Å². The van der Waals surface area contributed by atoms with Gasteiger partial charge in [-0.05, 0) is 37.8 Å². The van der Waals surface area contributed by atoms with Crippen LogP contribution in [0.5, 0.6) is 0 Å². The molecule has 0 atom stereocenters. The number of aryl methyl sites for hydroxylation is 1. The summed E-state index contributed by atoms with van der Waals surface area (Å²) in [5, 5.41) is 0. The molecule has 0 radical (unpaired) electrons. The fourth-order valence-electron chi connectivity index (χ4n) is 3.17. The predicted molar refractivity (Wildman–Crippen MR) is 118 cm³/mol. The zero-order valence-electron chi connectivity index (χ0n) is 18.2. The van der Waals surface area contributed by atoms with Crippen LogP contribution >= 0.6 is 0 Å². The normalized spacial score (nSPS) is 11.8. The van der Waals surface area contributed by atoms with E-state index in [0.29, 0.717) is 0 Å². The highest BCUT2D eigenvalue weighted by atomic mass is 32.3. The molecular weight excluding hydrogens is 374 g/mol. The molecule has 28 heavy (non-hydrogen) atoms. The summed E-state index contributed by atoms with van der Waals surface area (Å²) < 4.78 is 29.7. The van der Waals surface area contributed by atoms with Crippen LogP contribution in [0.25, 0.3) is 0 Å². The van der Waals surface area contributed by atoms with Crippen molar-refractivity contribution in [2.45, 2.75) is 96.9 Å². The van der Waals surface area contributed by atoms with Gasteiger partial charge >= 0.3 is 10.4 Å². The van der Waals surface area contributed by atoms with E-state index in [-0.39, 0.29) is 5.54 Å². The lowest BCUT2D eigenvalue weighted by atomic mass is 9.89. The molecule has 0 saturated carbocycles. The van der Waals surface area contributed by atoms with Crippen LogP contribution in [-0.4, -0.2) is 20.1 Å². The molecule has 0 spiro atoms. The molecule has 0 amide bonds. The molecule has 3 N–H and O–H groups in total. The minimum Gasteiger partial charge on any atom is -0.322 e. The van der Waals surface area contributed by atoms with Gasteiger partial charge in [-0.2, -0.15) is 8.42 Å². The third-order valence-corrected chi connectivity index (χ3v) is 5.14. The molecular formula is C22H41NO4S. The first-order valence-electron chi connectivity index (χ1n) is 10.5. The molecule has 0 bridgehead atoms. The zero-order valence-corrected chi connectivity index (χ0v) is 19.1. The fraction of sp³-hybridized carbons (Fsp3) is 0.727. The van der Waals surface area contributed by atoms with Crippen molar-refractivity contribution >= 4 is 10.4 Å². The standard InChI is InChI=1S/C21H37N.CH4O4S/c1-4-5-6-7-8-9-10-11-12-13-16-19-17-14-15-18-20(19)21(2,3)22;1-5-6(2,3)4/h14-15,17-18H,4-13,16,22H2,1-3H3;1H3,(H,2,3,4). The first kappa shape index (κ1) is 27.0. The molecule has 6 heteroatoms. The molecule has 0 heterocycles. The second-order valence-electron chi connectivity index (χ2n) is 7.91. The van der Waals surface area contributed by atoms with Gasteiger partial charge in [0.25, 0.3) is 0 Å². The number of unbranched alkanes of at least 4 members (excludes halogenated alkanes) is 9. The van der Waals surface area contributed by atoms with Crippen LogP contribution in [0.4, 0.5) is 0 Å². The summed E-state index contributed by atoms with van der Waals surface area (Å²) in [6.45, 7) is 6.48. The third kappa shape index (κ3) is 15.0. The Balaban J connectivity index is 0.00000105. The Kier molecular flexibility index (Phi) is 14.5. The molecule has 1 rings (SSSR count). The van der Waals surface area contributed by atoms with Crippen molar-refractivity contribution in [3.05, 3.63) is 35.4 Å². The highest BCUT2D eigenvalue weighted by Crippen LogP contribution is 2.23. The summed E-state index contributed by atoms with van der Waals surface area (Å²) in [7, 11) is -3.29. The van der Waals surface area contributed by atoms with E-state index >= 15 is 0 Å². The van der Waals surface area contributed by atoms with E-state index in [4.69, 9.17) is 10.3 Å². The molecule has 0 unspecified atom stereocenters. The molecule has 0 aromatic heterocycles. The van der Waals surface area contributed by atoms with Gasteiger partial charge in [-0.25, -0.2) is 0 Å².